The van der Waals surface area contributed by atoms with Crippen molar-refractivity contribution in [1.82, 2.24) is 0 Å². The van der Waals surface area contributed by atoms with Gasteiger partial charge in [-0.05, 0) is 12.2 Å². The quantitative estimate of drug-likeness (QED) is 0.368. The second-order valence-corrected chi connectivity index (χ2v) is 2.56. The molecule has 5 nitrogen and oxygen atoms in total. The highest BCUT2D eigenvalue weighted by molar-refractivity contribution is 7.33. The van der Waals surface area contributed by atoms with Crippen LogP contribution in [0.15, 0.2) is 25.3 Å². The third-order valence-electron chi connectivity index (χ3n) is 0.791. The van der Waals surface area contributed by atoms with E-state index in [-0.39, 0.29) is 0 Å². The molecule has 0 spiro atoms. The first-order chi connectivity index (χ1) is 5.60. The molecule has 0 aromatic carbocycles. The largest absolute Gasteiger partial charge is 0.703 e. The zero-order valence-electron chi connectivity index (χ0n) is 6.29. The lowest BCUT2D eigenvalue weighted by atomic mass is 10.6. The van der Waals surface area contributed by atoms with Crippen LogP contribution in [0.3, 0.4) is 0 Å². The Morgan fingerprint density at radius 2 is 1.50 bits per heavy atom. The van der Waals surface area contributed by atoms with Crippen LogP contribution in [0, 0.1) is 0 Å². The Hall–Kier alpha value is -0.580. The summed E-state index contributed by atoms with van der Waals surface area (Å²) in [5.74, 6) is 0. The van der Waals surface area contributed by atoms with Gasteiger partial charge >= 0.3 is 8.25 Å². The van der Waals surface area contributed by atoms with E-state index >= 15 is 0 Å². The van der Waals surface area contributed by atoms with E-state index in [4.69, 9.17) is 10.2 Å². The van der Waals surface area contributed by atoms with Gasteiger partial charge in [0.1, 0.15) is 0 Å². The first-order valence-electron chi connectivity index (χ1n) is 3.02. The molecule has 68 valence electrons. The van der Waals surface area contributed by atoms with Gasteiger partial charge in [-0.3, -0.25) is 0 Å². The maximum Gasteiger partial charge on any atom is 0.703 e. The number of aliphatic hydroxyl groups excluding tert-OH is 2. The SMILES string of the molecule is C=CC(O)O[P+](=O)OC(O)C=C. The van der Waals surface area contributed by atoms with Gasteiger partial charge in [0.25, 0.3) is 0 Å². The van der Waals surface area contributed by atoms with Crippen molar-refractivity contribution in [2.24, 2.45) is 0 Å². The second-order valence-electron chi connectivity index (χ2n) is 1.69. The van der Waals surface area contributed by atoms with Gasteiger partial charge < -0.3 is 10.2 Å². The zero-order chi connectivity index (χ0) is 9.56. The monoisotopic (exact) mass is 193 g/mol. The van der Waals surface area contributed by atoms with Crippen LogP contribution in [0.25, 0.3) is 0 Å². The van der Waals surface area contributed by atoms with Crippen molar-refractivity contribution in [3.8, 4) is 0 Å². The molecule has 6 heteroatoms. The van der Waals surface area contributed by atoms with Crippen LogP contribution in [-0.2, 0) is 13.6 Å². The van der Waals surface area contributed by atoms with Crippen molar-refractivity contribution in [3.05, 3.63) is 25.3 Å². The van der Waals surface area contributed by atoms with E-state index in [1.807, 2.05) is 0 Å². The first-order valence-corrected chi connectivity index (χ1v) is 4.11. The van der Waals surface area contributed by atoms with Crippen molar-refractivity contribution in [1.29, 1.82) is 0 Å². The normalized spacial score (nSPS) is 16.3. The fourth-order valence-electron chi connectivity index (χ4n) is 0.287. The van der Waals surface area contributed by atoms with Gasteiger partial charge in [-0.2, -0.15) is 0 Å². The molecule has 0 aliphatic heterocycles. The third kappa shape index (κ3) is 5.12. The minimum absolute atomic E-state index is 1.02. The highest BCUT2D eigenvalue weighted by atomic mass is 31.1. The number of hydrogen-bond donors (Lipinski definition) is 2. The van der Waals surface area contributed by atoms with Gasteiger partial charge in [-0.25, -0.2) is 0 Å². The minimum Gasteiger partial charge on any atom is -0.361 e. The fraction of sp³-hybridized carbons (Fsp3) is 0.333. The van der Waals surface area contributed by atoms with Crippen LogP contribution in [-0.4, -0.2) is 22.8 Å². The predicted molar refractivity (Wildman–Crippen MR) is 42.2 cm³/mol. The van der Waals surface area contributed by atoms with Gasteiger partial charge in [0.15, 0.2) is 0 Å². The summed E-state index contributed by atoms with van der Waals surface area (Å²) in [6.45, 7) is 6.34. The molecule has 2 N–H and O–H groups in total. The van der Waals surface area contributed by atoms with Gasteiger partial charge in [-0.15, -0.1) is 0 Å². The maximum atomic E-state index is 10.7. The summed E-state index contributed by atoms with van der Waals surface area (Å²) in [6.07, 6.45) is -0.690. The third-order valence-corrected chi connectivity index (χ3v) is 1.57. The van der Waals surface area contributed by atoms with Gasteiger partial charge in [0.05, 0.1) is 0 Å². The highest BCUT2D eigenvalue weighted by Crippen LogP contribution is 2.27. The zero-order valence-corrected chi connectivity index (χ0v) is 7.18. The second kappa shape index (κ2) is 5.99. The van der Waals surface area contributed by atoms with Crippen LogP contribution in [0.2, 0.25) is 0 Å². The lowest BCUT2D eigenvalue weighted by Gasteiger charge is -1.96. The van der Waals surface area contributed by atoms with Crippen molar-refractivity contribution >= 4 is 8.25 Å². The average molecular weight is 193 g/mol. The molecule has 0 aromatic heterocycles. The standard InChI is InChI=1S/C6H10O5P/c1-3-5(7)10-12(9)11-6(8)4-2/h3-8H,1-2H2/q+1. The van der Waals surface area contributed by atoms with Crippen molar-refractivity contribution < 1.29 is 23.8 Å². The van der Waals surface area contributed by atoms with E-state index in [1.165, 1.54) is 0 Å². The predicted octanol–water partition coefficient (Wildman–Crippen LogP) is 0.686. The Morgan fingerprint density at radius 3 is 1.75 bits per heavy atom. The van der Waals surface area contributed by atoms with Crippen molar-refractivity contribution in [2.45, 2.75) is 12.6 Å². The Morgan fingerprint density at radius 1 is 1.17 bits per heavy atom. The fourth-order valence-corrected chi connectivity index (χ4v) is 0.862. The molecule has 0 saturated carbocycles. The van der Waals surface area contributed by atoms with Crippen molar-refractivity contribution in [3.63, 3.8) is 0 Å². The molecule has 0 aliphatic carbocycles. The smallest absolute Gasteiger partial charge is 0.361 e. The number of rotatable bonds is 6. The Labute approximate surface area is 70.9 Å². The summed E-state index contributed by atoms with van der Waals surface area (Å²) in [5, 5.41) is 17.4. The number of aliphatic hydroxyl groups is 2. The van der Waals surface area contributed by atoms with Crippen LogP contribution in [0.4, 0.5) is 0 Å². The van der Waals surface area contributed by atoms with E-state index in [0.29, 0.717) is 0 Å². The average Bonchev–Trinajstić information content (AvgIpc) is 2.03. The molecule has 0 bridgehead atoms. The van der Waals surface area contributed by atoms with Gasteiger partial charge in [-0.1, -0.05) is 22.2 Å². The summed E-state index contributed by atoms with van der Waals surface area (Å²) < 4.78 is 19.2. The van der Waals surface area contributed by atoms with Crippen LogP contribution < -0.4 is 0 Å². The minimum atomic E-state index is -2.56. The molecule has 0 saturated heterocycles. The van der Waals surface area contributed by atoms with E-state index in [2.05, 4.69) is 22.2 Å². The van der Waals surface area contributed by atoms with Crippen LogP contribution in [0.5, 0.6) is 0 Å². The summed E-state index contributed by atoms with van der Waals surface area (Å²) >= 11 is 0. The van der Waals surface area contributed by atoms with E-state index in [9.17, 15) is 4.57 Å². The molecule has 2 unspecified atom stereocenters. The van der Waals surface area contributed by atoms with Gasteiger partial charge in [0, 0.05) is 4.57 Å². The Kier molecular flexibility index (Phi) is 5.70. The van der Waals surface area contributed by atoms with Crippen LogP contribution in [0.1, 0.15) is 0 Å². The lowest BCUT2D eigenvalue weighted by Crippen LogP contribution is -2.07. The van der Waals surface area contributed by atoms with E-state index in [0.717, 1.165) is 12.2 Å². The molecule has 0 rings (SSSR count). The topological polar surface area (TPSA) is 76.0 Å². The van der Waals surface area contributed by atoms with E-state index < -0.39 is 20.8 Å². The van der Waals surface area contributed by atoms with Crippen molar-refractivity contribution in [2.75, 3.05) is 0 Å². The molecular formula is C6H10O5P+. The molecule has 0 fully saturated rings. The first kappa shape index (κ1) is 11.4. The summed E-state index contributed by atoms with van der Waals surface area (Å²) in [5.41, 5.74) is 0. The molecule has 2 atom stereocenters. The molecule has 0 radical (unpaired) electrons. The summed E-state index contributed by atoms with van der Waals surface area (Å²) in [7, 11) is -2.56. The Bertz CT molecular complexity index is 163. The molecule has 0 aliphatic rings. The van der Waals surface area contributed by atoms with Gasteiger partial charge in [0.2, 0.25) is 12.6 Å². The highest BCUT2D eigenvalue weighted by Gasteiger charge is 2.27. The molecule has 0 heterocycles. The summed E-state index contributed by atoms with van der Waals surface area (Å²) in [4.78, 5) is 0. The summed E-state index contributed by atoms with van der Waals surface area (Å²) in [6, 6.07) is 0. The van der Waals surface area contributed by atoms with Crippen LogP contribution >= 0.6 is 8.25 Å². The molecule has 12 heavy (non-hydrogen) atoms. The molecule has 0 aromatic rings. The van der Waals surface area contributed by atoms with E-state index in [1.54, 1.807) is 0 Å². The Balaban J connectivity index is 3.73. The maximum absolute atomic E-state index is 10.7. The molecule has 0 amide bonds. The number of hydrogen-bond acceptors (Lipinski definition) is 5. The lowest BCUT2D eigenvalue weighted by molar-refractivity contribution is -0.0191. The molecular weight excluding hydrogens is 183 g/mol.